The molecule has 0 unspecified atom stereocenters. The van der Waals surface area contributed by atoms with Crippen LogP contribution in [0.4, 0.5) is 11.4 Å². The Bertz CT molecular complexity index is 593. The van der Waals surface area contributed by atoms with E-state index in [1.54, 1.807) is 6.20 Å². The second-order valence-corrected chi connectivity index (χ2v) is 5.13. The number of aliphatic hydroxyl groups is 1. The molecule has 0 aliphatic carbocycles. The first-order valence-electron chi connectivity index (χ1n) is 7.01. The third-order valence-electron chi connectivity index (χ3n) is 3.91. The Morgan fingerprint density at radius 3 is 2.70 bits per heavy atom. The number of hydrogen-bond donors (Lipinski definition) is 2. The number of aromatic nitrogens is 1. The summed E-state index contributed by atoms with van der Waals surface area (Å²) in [6, 6.07) is 8.05. The Morgan fingerprint density at radius 1 is 1.15 bits per heavy atom. The molecule has 20 heavy (non-hydrogen) atoms. The number of piperazine rings is 1. The van der Waals surface area contributed by atoms with Gasteiger partial charge < -0.3 is 15.7 Å². The minimum Gasteiger partial charge on any atom is -0.397 e. The fraction of sp³-hybridized carbons (Fsp3) is 0.400. The number of hydrogen-bond acceptors (Lipinski definition) is 5. The number of pyridine rings is 1. The van der Waals surface area contributed by atoms with Crippen molar-refractivity contribution in [1.29, 1.82) is 0 Å². The van der Waals surface area contributed by atoms with Gasteiger partial charge >= 0.3 is 0 Å². The maximum absolute atomic E-state index is 9.00. The monoisotopic (exact) mass is 272 g/mol. The van der Waals surface area contributed by atoms with Crippen LogP contribution in [0.25, 0.3) is 10.9 Å². The molecular formula is C15H20N4O. The summed E-state index contributed by atoms with van der Waals surface area (Å²) >= 11 is 0. The standard InChI is InChI=1S/C15H20N4O/c16-13-3-4-14(12-2-1-5-17-15(12)13)19-8-6-18(7-9-19)10-11-20/h1-5,20H,6-11,16H2. The van der Waals surface area contributed by atoms with Crippen LogP contribution in [0, 0.1) is 0 Å². The van der Waals surface area contributed by atoms with Crippen LogP contribution in [0.5, 0.6) is 0 Å². The lowest BCUT2D eigenvalue weighted by Gasteiger charge is -2.36. The summed E-state index contributed by atoms with van der Waals surface area (Å²) in [4.78, 5) is 9.04. The van der Waals surface area contributed by atoms with Crippen LogP contribution >= 0.6 is 0 Å². The van der Waals surface area contributed by atoms with Crippen LogP contribution < -0.4 is 10.6 Å². The number of β-amino-alcohol motifs (C(OH)–C–C–N with tert-alkyl or cyclic N) is 1. The largest absolute Gasteiger partial charge is 0.397 e. The molecule has 1 aliphatic heterocycles. The van der Waals surface area contributed by atoms with Gasteiger partial charge in [-0.25, -0.2) is 0 Å². The van der Waals surface area contributed by atoms with Crippen LogP contribution in [0.3, 0.4) is 0 Å². The molecule has 0 amide bonds. The average molecular weight is 272 g/mol. The van der Waals surface area contributed by atoms with E-state index in [4.69, 9.17) is 10.8 Å². The number of rotatable bonds is 3. The van der Waals surface area contributed by atoms with Crippen molar-refractivity contribution in [1.82, 2.24) is 9.88 Å². The van der Waals surface area contributed by atoms with Crippen molar-refractivity contribution in [3.05, 3.63) is 30.5 Å². The van der Waals surface area contributed by atoms with E-state index in [2.05, 4.69) is 26.9 Å². The Kier molecular flexibility index (Phi) is 3.71. The summed E-state index contributed by atoms with van der Waals surface area (Å²) in [5, 5.41) is 10.1. The van der Waals surface area contributed by atoms with E-state index in [-0.39, 0.29) is 6.61 Å². The van der Waals surface area contributed by atoms with Gasteiger partial charge in [0, 0.05) is 50.0 Å². The average Bonchev–Trinajstić information content (AvgIpc) is 2.49. The van der Waals surface area contributed by atoms with Gasteiger partial charge in [0.2, 0.25) is 0 Å². The molecule has 3 rings (SSSR count). The first-order chi connectivity index (χ1) is 9.79. The van der Waals surface area contributed by atoms with Gasteiger partial charge in [0.1, 0.15) is 0 Å². The molecule has 106 valence electrons. The number of aliphatic hydroxyl groups excluding tert-OH is 1. The zero-order chi connectivity index (χ0) is 13.9. The summed E-state index contributed by atoms with van der Waals surface area (Å²) in [5.74, 6) is 0. The summed E-state index contributed by atoms with van der Waals surface area (Å²) in [6.07, 6.45) is 1.78. The number of nitrogens with two attached hydrogens (primary N) is 1. The molecule has 1 aromatic heterocycles. The van der Waals surface area contributed by atoms with Gasteiger partial charge in [0.25, 0.3) is 0 Å². The molecular weight excluding hydrogens is 252 g/mol. The summed E-state index contributed by atoms with van der Waals surface area (Å²) in [5.41, 5.74) is 8.80. The lowest BCUT2D eigenvalue weighted by molar-refractivity contribution is 0.189. The Balaban J connectivity index is 1.87. The Morgan fingerprint density at radius 2 is 1.95 bits per heavy atom. The van der Waals surface area contributed by atoms with Gasteiger partial charge in [0.15, 0.2) is 0 Å². The van der Waals surface area contributed by atoms with Crippen LogP contribution in [0.15, 0.2) is 30.5 Å². The lowest BCUT2D eigenvalue weighted by atomic mass is 10.1. The van der Waals surface area contributed by atoms with E-state index in [9.17, 15) is 0 Å². The second kappa shape index (κ2) is 5.64. The van der Waals surface area contributed by atoms with E-state index in [0.29, 0.717) is 0 Å². The SMILES string of the molecule is Nc1ccc(N2CCN(CCO)CC2)c2cccnc12. The maximum atomic E-state index is 9.00. The van der Waals surface area contributed by atoms with Crippen LogP contribution in [0.1, 0.15) is 0 Å². The minimum absolute atomic E-state index is 0.231. The van der Waals surface area contributed by atoms with E-state index in [1.807, 2.05) is 12.1 Å². The highest BCUT2D eigenvalue weighted by Gasteiger charge is 2.18. The molecule has 1 fully saturated rings. The van der Waals surface area contributed by atoms with E-state index < -0.39 is 0 Å². The van der Waals surface area contributed by atoms with Crippen molar-refractivity contribution >= 4 is 22.3 Å². The molecule has 3 N–H and O–H groups in total. The van der Waals surface area contributed by atoms with Crippen molar-refractivity contribution in [3.63, 3.8) is 0 Å². The molecule has 0 spiro atoms. The van der Waals surface area contributed by atoms with Gasteiger partial charge in [-0.3, -0.25) is 9.88 Å². The summed E-state index contributed by atoms with van der Waals surface area (Å²) < 4.78 is 0. The van der Waals surface area contributed by atoms with Crippen molar-refractivity contribution < 1.29 is 5.11 Å². The second-order valence-electron chi connectivity index (χ2n) is 5.13. The highest BCUT2D eigenvalue weighted by atomic mass is 16.3. The molecule has 2 heterocycles. The van der Waals surface area contributed by atoms with Crippen LogP contribution in [-0.4, -0.2) is 54.3 Å². The van der Waals surface area contributed by atoms with Crippen molar-refractivity contribution in [3.8, 4) is 0 Å². The molecule has 0 radical (unpaired) electrons. The van der Waals surface area contributed by atoms with Crippen molar-refractivity contribution in [2.75, 3.05) is 50.0 Å². The molecule has 1 aromatic carbocycles. The van der Waals surface area contributed by atoms with Gasteiger partial charge in [-0.15, -0.1) is 0 Å². The summed E-state index contributed by atoms with van der Waals surface area (Å²) in [7, 11) is 0. The fourth-order valence-corrected chi connectivity index (χ4v) is 2.81. The molecule has 5 heteroatoms. The topological polar surface area (TPSA) is 65.6 Å². The zero-order valence-corrected chi connectivity index (χ0v) is 11.5. The van der Waals surface area contributed by atoms with Crippen molar-refractivity contribution in [2.45, 2.75) is 0 Å². The molecule has 0 bridgehead atoms. The van der Waals surface area contributed by atoms with E-state index >= 15 is 0 Å². The quantitative estimate of drug-likeness (QED) is 0.814. The molecule has 0 atom stereocenters. The third-order valence-corrected chi connectivity index (χ3v) is 3.91. The summed E-state index contributed by atoms with van der Waals surface area (Å²) in [6.45, 7) is 4.88. The number of nitrogens with zero attached hydrogens (tertiary/aromatic N) is 3. The number of benzene rings is 1. The zero-order valence-electron chi connectivity index (χ0n) is 11.5. The molecule has 1 aliphatic rings. The first kappa shape index (κ1) is 13.1. The minimum atomic E-state index is 0.231. The van der Waals surface area contributed by atoms with Gasteiger partial charge in [-0.1, -0.05) is 0 Å². The Hall–Kier alpha value is -1.85. The number of fused-ring (bicyclic) bond motifs is 1. The highest BCUT2D eigenvalue weighted by molar-refractivity contribution is 5.98. The maximum Gasteiger partial charge on any atom is 0.0951 e. The lowest BCUT2D eigenvalue weighted by Crippen LogP contribution is -2.47. The van der Waals surface area contributed by atoms with Gasteiger partial charge in [0.05, 0.1) is 17.8 Å². The van der Waals surface area contributed by atoms with E-state index in [1.165, 1.54) is 5.69 Å². The molecule has 5 nitrogen and oxygen atoms in total. The predicted molar refractivity (Wildman–Crippen MR) is 81.9 cm³/mol. The van der Waals surface area contributed by atoms with E-state index in [0.717, 1.165) is 49.3 Å². The smallest absolute Gasteiger partial charge is 0.0951 e. The molecule has 0 saturated carbocycles. The van der Waals surface area contributed by atoms with Gasteiger partial charge in [-0.2, -0.15) is 0 Å². The fourth-order valence-electron chi connectivity index (χ4n) is 2.81. The van der Waals surface area contributed by atoms with Gasteiger partial charge in [-0.05, 0) is 24.3 Å². The number of nitrogen functional groups attached to an aromatic ring is 1. The third kappa shape index (κ3) is 2.42. The van der Waals surface area contributed by atoms with Crippen LogP contribution in [-0.2, 0) is 0 Å². The Labute approximate surface area is 118 Å². The highest BCUT2D eigenvalue weighted by Crippen LogP contribution is 2.29. The molecule has 2 aromatic rings. The molecule has 1 saturated heterocycles. The van der Waals surface area contributed by atoms with Crippen LogP contribution in [0.2, 0.25) is 0 Å². The number of anilines is 2. The van der Waals surface area contributed by atoms with Crippen molar-refractivity contribution in [2.24, 2.45) is 0 Å². The predicted octanol–water partition coefficient (Wildman–Crippen LogP) is 0.931. The first-order valence-corrected chi connectivity index (χ1v) is 7.01. The normalized spacial score (nSPS) is 16.8.